The molecular formula is C5H10O4Tl. The summed E-state index contributed by atoms with van der Waals surface area (Å²) < 4.78 is 0. The number of carboxylic acids is 2. The van der Waals surface area contributed by atoms with Crippen LogP contribution < -0.4 is 0 Å². The van der Waals surface area contributed by atoms with E-state index < -0.39 is 11.9 Å². The molecule has 0 atom stereocenters. The number of hydrogen-bond donors (Lipinski definition) is 2. The SMILES string of the molecule is CC(=O)O.CCC(=O)O.[Tl]. The van der Waals surface area contributed by atoms with Crippen molar-refractivity contribution >= 4 is 39.2 Å². The van der Waals surface area contributed by atoms with Crippen LogP contribution in [0.25, 0.3) is 0 Å². The largest absolute Gasteiger partial charge is 0.481 e. The van der Waals surface area contributed by atoms with E-state index >= 15 is 0 Å². The second-order valence-electron chi connectivity index (χ2n) is 1.27. The molecule has 0 unspecified atom stereocenters. The van der Waals surface area contributed by atoms with E-state index in [1.165, 1.54) is 0 Å². The second kappa shape index (κ2) is 11.6. The molecule has 0 aromatic heterocycles. The summed E-state index contributed by atoms with van der Waals surface area (Å²) in [6.45, 7) is 2.68. The van der Waals surface area contributed by atoms with Crippen LogP contribution in [0.3, 0.4) is 0 Å². The van der Waals surface area contributed by atoms with Gasteiger partial charge in [0.25, 0.3) is 5.97 Å². The van der Waals surface area contributed by atoms with Gasteiger partial charge in [0.1, 0.15) is 0 Å². The zero-order valence-corrected chi connectivity index (χ0v) is 10.5. The fraction of sp³-hybridized carbons (Fsp3) is 0.600. The quantitative estimate of drug-likeness (QED) is 0.670. The second-order valence-corrected chi connectivity index (χ2v) is 1.27. The summed E-state index contributed by atoms with van der Waals surface area (Å²) in [4.78, 5) is 18.4. The maximum atomic E-state index is 9.37. The van der Waals surface area contributed by atoms with Crippen LogP contribution in [-0.4, -0.2) is 49.5 Å². The van der Waals surface area contributed by atoms with Crippen molar-refractivity contribution in [2.75, 3.05) is 0 Å². The molecule has 0 saturated heterocycles. The van der Waals surface area contributed by atoms with Gasteiger partial charge in [-0.15, -0.1) is 0 Å². The van der Waals surface area contributed by atoms with Crippen molar-refractivity contribution in [1.29, 1.82) is 0 Å². The zero-order valence-electron chi connectivity index (χ0n) is 6.00. The molecule has 10 heavy (non-hydrogen) atoms. The van der Waals surface area contributed by atoms with Gasteiger partial charge in [-0.05, 0) is 0 Å². The molecule has 0 fully saturated rings. The molecule has 0 aliphatic heterocycles. The first-order valence-electron chi connectivity index (χ1n) is 2.42. The van der Waals surface area contributed by atoms with E-state index in [1.807, 2.05) is 0 Å². The van der Waals surface area contributed by atoms with E-state index in [0.29, 0.717) is 0 Å². The Labute approximate surface area is 79.4 Å². The zero-order chi connectivity index (χ0) is 7.86. The van der Waals surface area contributed by atoms with E-state index in [9.17, 15) is 4.79 Å². The van der Waals surface area contributed by atoms with E-state index in [1.54, 1.807) is 6.92 Å². The minimum atomic E-state index is -0.833. The third-order valence-corrected chi connectivity index (χ3v) is 0.302. The first-order valence-corrected chi connectivity index (χ1v) is 2.42. The summed E-state index contributed by atoms with van der Waals surface area (Å²) >= 11 is 0. The van der Waals surface area contributed by atoms with Crippen LogP contribution in [0.5, 0.6) is 0 Å². The molecule has 0 aromatic carbocycles. The van der Waals surface area contributed by atoms with E-state index in [2.05, 4.69) is 0 Å². The first kappa shape index (κ1) is 16.4. The molecule has 0 rings (SSSR count). The van der Waals surface area contributed by atoms with Gasteiger partial charge in [-0.25, -0.2) is 0 Å². The summed E-state index contributed by atoms with van der Waals surface area (Å²) in [6.07, 6.45) is 0.222. The van der Waals surface area contributed by atoms with Gasteiger partial charge < -0.3 is 10.2 Å². The van der Waals surface area contributed by atoms with Gasteiger partial charge in [-0.1, -0.05) is 6.92 Å². The minimum absolute atomic E-state index is 0. The fourth-order valence-corrected chi connectivity index (χ4v) is 0. The molecule has 0 amide bonds. The van der Waals surface area contributed by atoms with Crippen LogP contribution in [0.2, 0.25) is 0 Å². The molecule has 0 aromatic rings. The smallest absolute Gasteiger partial charge is 0.303 e. The number of carbonyl (C=O) groups is 2. The van der Waals surface area contributed by atoms with Gasteiger partial charge in [0, 0.05) is 40.6 Å². The molecule has 5 heteroatoms. The Kier molecular flexibility index (Phi) is 19.1. The van der Waals surface area contributed by atoms with Gasteiger partial charge in [0.15, 0.2) is 0 Å². The molecule has 0 saturated carbocycles. The monoisotopic (exact) mass is 339 g/mol. The number of rotatable bonds is 1. The Balaban J connectivity index is -0.0000000910. The Morgan fingerprint density at radius 2 is 1.40 bits per heavy atom. The number of hydrogen-bond acceptors (Lipinski definition) is 2. The van der Waals surface area contributed by atoms with Crippen molar-refractivity contribution in [2.24, 2.45) is 0 Å². The standard InChI is InChI=1S/C3H6O2.C2H4O2.Tl/c1-2-3(4)5;1-2(3)4;/h2H2,1H3,(H,4,5);1H3,(H,3,4);. The Morgan fingerprint density at radius 3 is 1.40 bits per heavy atom. The van der Waals surface area contributed by atoms with Crippen molar-refractivity contribution in [3.8, 4) is 0 Å². The van der Waals surface area contributed by atoms with Crippen LogP contribution in [0.4, 0.5) is 0 Å². The maximum absolute atomic E-state index is 9.37. The summed E-state index contributed by atoms with van der Waals surface area (Å²) in [5.74, 6) is -1.58. The van der Waals surface area contributed by atoms with Crippen LogP contribution in [0.15, 0.2) is 0 Å². The molecule has 0 aliphatic carbocycles. The number of carboxylic acid groups (broad SMARTS) is 2. The third-order valence-electron chi connectivity index (χ3n) is 0.302. The van der Waals surface area contributed by atoms with Gasteiger partial charge in [0.2, 0.25) is 0 Å². The normalized spacial score (nSPS) is 6.20. The molecule has 0 spiro atoms. The first-order chi connectivity index (χ1) is 4.00. The van der Waals surface area contributed by atoms with Crippen LogP contribution in [0.1, 0.15) is 20.3 Å². The predicted octanol–water partition coefficient (Wildman–Crippen LogP) is 0.191. The maximum Gasteiger partial charge on any atom is 0.303 e. The van der Waals surface area contributed by atoms with Crippen molar-refractivity contribution in [3.63, 3.8) is 0 Å². The summed E-state index contributed by atoms with van der Waals surface area (Å²) in [5, 5.41) is 15.1. The molecular weight excluding hydrogens is 328 g/mol. The Bertz CT molecular complexity index is 97.8. The van der Waals surface area contributed by atoms with Crippen LogP contribution in [0, 0.1) is 0 Å². The average Bonchev–Trinajstić information content (AvgIpc) is 1.65. The van der Waals surface area contributed by atoms with Crippen LogP contribution in [-0.2, 0) is 9.59 Å². The van der Waals surface area contributed by atoms with Crippen molar-refractivity contribution in [2.45, 2.75) is 20.3 Å². The number of aliphatic carboxylic acids is 2. The topological polar surface area (TPSA) is 74.6 Å². The van der Waals surface area contributed by atoms with E-state index in [4.69, 9.17) is 15.0 Å². The molecule has 0 bridgehead atoms. The van der Waals surface area contributed by atoms with Crippen molar-refractivity contribution < 1.29 is 19.8 Å². The molecule has 57 valence electrons. The Morgan fingerprint density at radius 1 is 1.30 bits per heavy atom. The van der Waals surface area contributed by atoms with Gasteiger partial charge >= 0.3 is 5.97 Å². The molecule has 4 nitrogen and oxygen atoms in total. The minimum Gasteiger partial charge on any atom is -0.481 e. The molecule has 1 radical (unpaired) electrons. The predicted molar refractivity (Wildman–Crippen MR) is 37.0 cm³/mol. The Hall–Kier alpha value is -0.138. The van der Waals surface area contributed by atoms with Crippen LogP contribution >= 0.6 is 0 Å². The summed E-state index contributed by atoms with van der Waals surface area (Å²) in [5.41, 5.74) is 0. The molecule has 0 heterocycles. The van der Waals surface area contributed by atoms with Gasteiger partial charge in [0.05, 0.1) is 0 Å². The third kappa shape index (κ3) is 107. The van der Waals surface area contributed by atoms with E-state index in [-0.39, 0.29) is 33.7 Å². The average molecular weight is 339 g/mol. The van der Waals surface area contributed by atoms with E-state index in [0.717, 1.165) is 6.92 Å². The van der Waals surface area contributed by atoms with Gasteiger partial charge in [-0.2, -0.15) is 0 Å². The van der Waals surface area contributed by atoms with Crippen molar-refractivity contribution in [3.05, 3.63) is 0 Å². The molecule has 2 N–H and O–H groups in total. The fourth-order valence-electron chi connectivity index (χ4n) is 0. The van der Waals surface area contributed by atoms with Gasteiger partial charge in [-0.3, -0.25) is 9.59 Å². The summed E-state index contributed by atoms with van der Waals surface area (Å²) in [7, 11) is 0. The molecule has 0 aliphatic rings. The van der Waals surface area contributed by atoms with Crippen molar-refractivity contribution in [1.82, 2.24) is 0 Å². The summed E-state index contributed by atoms with van der Waals surface area (Å²) in [6, 6.07) is 0.